The van der Waals surface area contributed by atoms with E-state index in [4.69, 9.17) is 9.84 Å². The van der Waals surface area contributed by atoms with E-state index in [0.717, 1.165) is 11.1 Å². The molecule has 0 atom stereocenters. The molecule has 5 heteroatoms. The number of ether oxygens (including phenoxy) is 1. The van der Waals surface area contributed by atoms with Gasteiger partial charge in [-0.2, -0.15) is 0 Å². The number of nitrogens with one attached hydrogen (secondary N) is 1. The quantitative estimate of drug-likeness (QED) is 0.819. The molecular formula is C14H19NO4. The summed E-state index contributed by atoms with van der Waals surface area (Å²) in [5.74, 6) is -1.24. The molecule has 0 aromatic heterocycles. The van der Waals surface area contributed by atoms with Gasteiger partial charge in [-0.3, -0.25) is 9.59 Å². The van der Waals surface area contributed by atoms with E-state index in [1.54, 1.807) is 12.1 Å². The highest BCUT2D eigenvalue weighted by atomic mass is 16.5. The summed E-state index contributed by atoms with van der Waals surface area (Å²) in [5, 5.41) is 11.6. The standard InChI is InChI=1S/C14H19NO4/c1-8-6-10(11(19-5)7-9(8)2)15-12(16)14(3,4)13(17)18/h6-7H,1-5H3,(H,15,16)(H,17,18). The minimum absolute atomic E-state index is 0.477. The average molecular weight is 265 g/mol. The Kier molecular flexibility index (Phi) is 4.19. The lowest BCUT2D eigenvalue weighted by atomic mass is 9.92. The number of aliphatic carboxylic acids is 1. The van der Waals surface area contributed by atoms with Gasteiger partial charge in [-0.1, -0.05) is 0 Å². The van der Waals surface area contributed by atoms with Crippen LogP contribution in [0.1, 0.15) is 25.0 Å². The lowest BCUT2D eigenvalue weighted by Gasteiger charge is -2.20. The van der Waals surface area contributed by atoms with Crippen molar-refractivity contribution in [3.8, 4) is 5.75 Å². The Balaban J connectivity index is 3.10. The van der Waals surface area contributed by atoms with E-state index in [1.165, 1.54) is 21.0 Å². The highest BCUT2D eigenvalue weighted by Crippen LogP contribution is 2.29. The summed E-state index contributed by atoms with van der Waals surface area (Å²) in [6, 6.07) is 3.57. The normalized spacial score (nSPS) is 11.0. The zero-order valence-corrected chi connectivity index (χ0v) is 11.8. The van der Waals surface area contributed by atoms with Gasteiger partial charge in [0.25, 0.3) is 0 Å². The van der Waals surface area contributed by atoms with Gasteiger partial charge in [0.1, 0.15) is 11.2 Å². The average Bonchev–Trinajstić information content (AvgIpc) is 2.33. The third-order valence-electron chi connectivity index (χ3n) is 3.17. The van der Waals surface area contributed by atoms with Crippen LogP contribution in [0.25, 0.3) is 0 Å². The number of amides is 1. The second-order valence-electron chi connectivity index (χ2n) is 5.02. The first-order valence-electron chi connectivity index (χ1n) is 5.90. The number of hydrogen-bond acceptors (Lipinski definition) is 3. The van der Waals surface area contributed by atoms with Crippen molar-refractivity contribution in [1.82, 2.24) is 0 Å². The number of hydrogen-bond donors (Lipinski definition) is 2. The molecule has 0 aliphatic carbocycles. The van der Waals surface area contributed by atoms with Crippen molar-refractivity contribution in [2.75, 3.05) is 12.4 Å². The Hall–Kier alpha value is -2.04. The monoisotopic (exact) mass is 265 g/mol. The first-order chi connectivity index (χ1) is 8.70. The van der Waals surface area contributed by atoms with Crippen LogP contribution in [0.3, 0.4) is 0 Å². The van der Waals surface area contributed by atoms with E-state index >= 15 is 0 Å². The number of anilines is 1. The van der Waals surface area contributed by atoms with Gasteiger partial charge >= 0.3 is 5.97 Å². The third-order valence-corrected chi connectivity index (χ3v) is 3.17. The molecule has 1 rings (SSSR count). The van der Waals surface area contributed by atoms with Crippen molar-refractivity contribution in [2.24, 2.45) is 5.41 Å². The Morgan fingerprint density at radius 2 is 1.74 bits per heavy atom. The largest absolute Gasteiger partial charge is 0.495 e. The summed E-state index contributed by atoms with van der Waals surface area (Å²) in [4.78, 5) is 23.0. The Morgan fingerprint density at radius 3 is 2.21 bits per heavy atom. The molecule has 0 saturated heterocycles. The number of benzene rings is 1. The Labute approximate surface area is 112 Å². The lowest BCUT2D eigenvalue weighted by Crippen LogP contribution is -2.37. The molecule has 2 N–H and O–H groups in total. The van der Waals surface area contributed by atoms with Gasteiger partial charge in [0.05, 0.1) is 12.8 Å². The molecule has 0 heterocycles. The van der Waals surface area contributed by atoms with Crippen LogP contribution in [0, 0.1) is 19.3 Å². The number of carboxylic acid groups (broad SMARTS) is 1. The number of carboxylic acids is 1. The number of aryl methyl sites for hydroxylation is 2. The van der Waals surface area contributed by atoms with E-state index in [9.17, 15) is 9.59 Å². The Bertz CT molecular complexity index is 520. The van der Waals surface area contributed by atoms with Crippen LogP contribution in [0.5, 0.6) is 5.75 Å². The van der Waals surface area contributed by atoms with E-state index in [0.29, 0.717) is 11.4 Å². The van der Waals surface area contributed by atoms with Crippen molar-refractivity contribution in [2.45, 2.75) is 27.7 Å². The third kappa shape index (κ3) is 3.05. The zero-order valence-electron chi connectivity index (χ0n) is 11.8. The zero-order chi connectivity index (χ0) is 14.8. The molecule has 1 aromatic rings. The minimum Gasteiger partial charge on any atom is -0.495 e. The van der Waals surface area contributed by atoms with Gasteiger partial charge in [0, 0.05) is 0 Å². The number of rotatable bonds is 4. The maximum absolute atomic E-state index is 12.0. The molecule has 0 aliphatic heterocycles. The fourth-order valence-electron chi connectivity index (χ4n) is 1.43. The molecule has 0 radical (unpaired) electrons. The molecule has 0 aliphatic rings. The van der Waals surface area contributed by atoms with Gasteiger partial charge < -0.3 is 15.2 Å². The minimum atomic E-state index is -1.50. The summed E-state index contributed by atoms with van der Waals surface area (Å²) in [6.07, 6.45) is 0. The summed E-state index contributed by atoms with van der Waals surface area (Å²) < 4.78 is 5.19. The van der Waals surface area contributed by atoms with Crippen LogP contribution < -0.4 is 10.1 Å². The molecule has 1 aromatic carbocycles. The fraction of sp³-hybridized carbons (Fsp3) is 0.429. The van der Waals surface area contributed by atoms with Crippen LogP contribution in [-0.2, 0) is 9.59 Å². The van der Waals surface area contributed by atoms with Crippen LogP contribution in [0.2, 0.25) is 0 Å². The molecule has 0 spiro atoms. The molecule has 0 fully saturated rings. The van der Waals surface area contributed by atoms with Gasteiger partial charge in [-0.05, 0) is 51.0 Å². The highest BCUT2D eigenvalue weighted by Gasteiger charge is 2.36. The molecule has 0 saturated carbocycles. The topological polar surface area (TPSA) is 75.6 Å². The van der Waals surface area contributed by atoms with Crippen LogP contribution in [0.15, 0.2) is 12.1 Å². The molecule has 0 bridgehead atoms. The van der Waals surface area contributed by atoms with E-state index in [-0.39, 0.29) is 0 Å². The van der Waals surface area contributed by atoms with E-state index in [2.05, 4.69) is 5.32 Å². The predicted octanol–water partition coefficient (Wildman–Crippen LogP) is 2.36. The van der Waals surface area contributed by atoms with Crippen molar-refractivity contribution in [3.63, 3.8) is 0 Å². The first-order valence-corrected chi connectivity index (χ1v) is 5.90. The second-order valence-corrected chi connectivity index (χ2v) is 5.02. The summed E-state index contributed by atoms with van der Waals surface area (Å²) >= 11 is 0. The molecule has 0 unspecified atom stereocenters. The molecule has 104 valence electrons. The molecule has 5 nitrogen and oxygen atoms in total. The van der Waals surface area contributed by atoms with Crippen LogP contribution in [-0.4, -0.2) is 24.1 Å². The molecule has 19 heavy (non-hydrogen) atoms. The van der Waals surface area contributed by atoms with Crippen molar-refractivity contribution < 1.29 is 19.4 Å². The lowest BCUT2D eigenvalue weighted by molar-refractivity contribution is -0.151. The maximum Gasteiger partial charge on any atom is 0.318 e. The van der Waals surface area contributed by atoms with Crippen molar-refractivity contribution >= 4 is 17.6 Å². The summed E-state index contributed by atoms with van der Waals surface area (Å²) in [5.41, 5.74) is 1.01. The second kappa shape index (κ2) is 5.30. The summed E-state index contributed by atoms with van der Waals surface area (Å²) in [7, 11) is 1.50. The first kappa shape index (κ1) is 15.0. The predicted molar refractivity (Wildman–Crippen MR) is 72.5 cm³/mol. The number of carbonyl (C=O) groups excluding carboxylic acids is 1. The van der Waals surface area contributed by atoms with Gasteiger partial charge in [0.15, 0.2) is 0 Å². The van der Waals surface area contributed by atoms with Gasteiger partial charge in [0.2, 0.25) is 5.91 Å². The highest BCUT2D eigenvalue weighted by molar-refractivity contribution is 6.08. The van der Waals surface area contributed by atoms with E-state index < -0.39 is 17.3 Å². The van der Waals surface area contributed by atoms with Crippen molar-refractivity contribution in [3.05, 3.63) is 23.3 Å². The number of methoxy groups -OCH3 is 1. The van der Waals surface area contributed by atoms with E-state index in [1.807, 2.05) is 13.8 Å². The fourth-order valence-corrected chi connectivity index (χ4v) is 1.43. The maximum atomic E-state index is 12.0. The number of carbonyl (C=O) groups is 2. The van der Waals surface area contributed by atoms with Crippen LogP contribution >= 0.6 is 0 Å². The van der Waals surface area contributed by atoms with Gasteiger partial charge in [-0.25, -0.2) is 0 Å². The van der Waals surface area contributed by atoms with Gasteiger partial charge in [-0.15, -0.1) is 0 Å². The molecule has 1 amide bonds. The molecular weight excluding hydrogens is 246 g/mol. The Morgan fingerprint density at radius 1 is 1.21 bits per heavy atom. The van der Waals surface area contributed by atoms with Crippen LogP contribution in [0.4, 0.5) is 5.69 Å². The van der Waals surface area contributed by atoms with Crippen molar-refractivity contribution in [1.29, 1.82) is 0 Å². The SMILES string of the molecule is COc1cc(C)c(C)cc1NC(=O)C(C)(C)C(=O)O. The summed E-state index contributed by atoms with van der Waals surface area (Å²) in [6.45, 7) is 6.56. The smallest absolute Gasteiger partial charge is 0.318 e.